The maximum Gasteiger partial charge on any atom is 0.242 e. The highest BCUT2D eigenvalue weighted by molar-refractivity contribution is 6.96. The van der Waals surface area contributed by atoms with E-state index in [2.05, 4.69) is 105 Å². The molecule has 0 bridgehead atoms. The topological polar surface area (TPSA) is 48.5 Å². The smallest absolute Gasteiger partial charge is 0.242 e. The lowest BCUT2D eigenvalue weighted by atomic mass is 9.34. The standard InChI is InChI=1S/C31H34BN5/c1-19-13-21(3)28(22(4)14-19)32(29-23(5)15-20(2)16-24(29)6)26-11-9-25(10-12-26)30-34-27(17-36(30)7)31-35-33-18-37(31)8/h9-18H,1-8H3. The van der Waals surface area contributed by atoms with Crippen molar-refractivity contribution in [1.82, 2.24) is 24.3 Å². The Balaban J connectivity index is 1.63. The van der Waals surface area contributed by atoms with Crippen LogP contribution in [-0.2, 0) is 14.1 Å². The molecule has 5 rings (SSSR count). The van der Waals surface area contributed by atoms with Crippen LogP contribution in [0.4, 0.5) is 0 Å². The number of rotatable bonds is 5. The first-order valence-electron chi connectivity index (χ1n) is 12.8. The molecule has 0 unspecified atom stereocenters. The minimum absolute atomic E-state index is 0.158. The third-order valence-electron chi connectivity index (χ3n) is 7.37. The first-order chi connectivity index (χ1) is 17.6. The van der Waals surface area contributed by atoms with E-state index < -0.39 is 0 Å². The highest BCUT2D eigenvalue weighted by Crippen LogP contribution is 2.22. The lowest BCUT2D eigenvalue weighted by molar-refractivity contribution is 0.912. The normalized spacial score (nSPS) is 11.2. The van der Waals surface area contributed by atoms with E-state index in [0.29, 0.717) is 0 Å². The fourth-order valence-electron chi connectivity index (χ4n) is 5.95. The summed E-state index contributed by atoms with van der Waals surface area (Å²) in [6.07, 6.45) is 3.71. The Bertz CT molecular complexity index is 1500. The molecule has 0 N–H and O–H groups in total. The van der Waals surface area contributed by atoms with Crippen LogP contribution in [0.5, 0.6) is 0 Å². The molecule has 0 aliphatic carbocycles. The van der Waals surface area contributed by atoms with Crippen LogP contribution in [-0.4, -0.2) is 31.0 Å². The van der Waals surface area contributed by atoms with E-state index in [0.717, 1.165) is 22.9 Å². The average Bonchev–Trinajstić information content (AvgIpc) is 3.42. The molecule has 186 valence electrons. The molecule has 6 heteroatoms. The Labute approximate surface area is 220 Å². The van der Waals surface area contributed by atoms with Gasteiger partial charge in [0, 0.05) is 25.9 Å². The van der Waals surface area contributed by atoms with Crippen LogP contribution in [0, 0.1) is 41.5 Å². The highest BCUT2D eigenvalue weighted by atomic mass is 15.3. The zero-order valence-electron chi connectivity index (χ0n) is 23.1. The molecule has 5 nitrogen and oxygen atoms in total. The molecule has 0 aliphatic heterocycles. The van der Waals surface area contributed by atoms with Gasteiger partial charge in [0.25, 0.3) is 0 Å². The van der Waals surface area contributed by atoms with Gasteiger partial charge in [-0.25, -0.2) is 4.98 Å². The van der Waals surface area contributed by atoms with E-state index in [1.165, 1.54) is 49.8 Å². The van der Waals surface area contributed by atoms with E-state index in [1.54, 1.807) is 6.33 Å². The second kappa shape index (κ2) is 9.51. The van der Waals surface area contributed by atoms with Crippen LogP contribution in [0.25, 0.3) is 22.9 Å². The van der Waals surface area contributed by atoms with E-state index in [9.17, 15) is 0 Å². The number of imidazole rings is 1. The van der Waals surface area contributed by atoms with Gasteiger partial charge in [-0.05, 0) is 41.5 Å². The van der Waals surface area contributed by atoms with Crippen molar-refractivity contribution in [3.63, 3.8) is 0 Å². The first kappa shape index (κ1) is 24.8. The quantitative estimate of drug-likeness (QED) is 0.349. The molecule has 0 fully saturated rings. The molecule has 0 saturated heterocycles. The Kier molecular flexibility index (Phi) is 6.36. The fraction of sp³-hybridized carbons (Fsp3) is 0.258. The minimum Gasteiger partial charge on any atom is -0.333 e. The summed E-state index contributed by atoms with van der Waals surface area (Å²) in [6.45, 7) is 13.5. The van der Waals surface area contributed by atoms with Crippen molar-refractivity contribution in [2.75, 3.05) is 0 Å². The van der Waals surface area contributed by atoms with E-state index in [-0.39, 0.29) is 6.71 Å². The van der Waals surface area contributed by atoms with Crippen LogP contribution in [0.2, 0.25) is 0 Å². The van der Waals surface area contributed by atoms with Crippen molar-refractivity contribution < 1.29 is 0 Å². The largest absolute Gasteiger partial charge is 0.333 e. The summed E-state index contributed by atoms with van der Waals surface area (Å²) in [5.41, 5.74) is 13.9. The first-order valence-corrected chi connectivity index (χ1v) is 12.8. The van der Waals surface area contributed by atoms with Crippen molar-refractivity contribution in [2.24, 2.45) is 14.1 Å². The van der Waals surface area contributed by atoms with Gasteiger partial charge in [0.05, 0.1) is 0 Å². The molecule has 3 aromatic carbocycles. The lowest BCUT2D eigenvalue weighted by Gasteiger charge is -2.24. The molecule has 0 atom stereocenters. The molecule has 5 aromatic rings. The summed E-state index contributed by atoms with van der Waals surface area (Å²) < 4.78 is 3.94. The number of benzene rings is 3. The maximum absolute atomic E-state index is 4.89. The predicted octanol–water partition coefficient (Wildman–Crippen LogP) is 4.25. The van der Waals surface area contributed by atoms with Gasteiger partial charge in [0.1, 0.15) is 17.8 Å². The summed E-state index contributed by atoms with van der Waals surface area (Å²) in [6, 6.07) is 18.2. The Morgan fingerprint density at radius 3 is 1.62 bits per heavy atom. The summed E-state index contributed by atoms with van der Waals surface area (Å²) in [5.74, 6) is 1.67. The zero-order chi connectivity index (χ0) is 26.4. The molecule has 0 spiro atoms. The van der Waals surface area contributed by atoms with E-state index in [1.807, 2.05) is 24.9 Å². The van der Waals surface area contributed by atoms with E-state index >= 15 is 0 Å². The second-order valence-electron chi connectivity index (χ2n) is 10.5. The molecule has 0 aliphatic rings. The van der Waals surface area contributed by atoms with Gasteiger partial charge in [-0.3, -0.25) is 0 Å². The summed E-state index contributed by atoms with van der Waals surface area (Å²) in [7, 11) is 3.96. The molecule has 0 amide bonds. The van der Waals surface area contributed by atoms with Crippen LogP contribution in [0.3, 0.4) is 0 Å². The number of aryl methyl sites for hydroxylation is 8. The van der Waals surface area contributed by atoms with Crippen molar-refractivity contribution in [1.29, 1.82) is 0 Å². The Morgan fingerprint density at radius 2 is 1.16 bits per heavy atom. The number of hydrogen-bond acceptors (Lipinski definition) is 3. The fourth-order valence-corrected chi connectivity index (χ4v) is 5.95. The van der Waals surface area contributed by atoms with Crippen molar-refractivity contribution in [3.8, 4) is 22.9 Å². The highest BCUT2D eigenvalue weighted by Gasteiger charge is 2.28. The van der Waals surface area contributed by atoms with Crippen molar-refractivity contribution in [2.45, 2.75) is 41.5 Å². The van der Waals surface area contributed by atoms with E-state index in [4.69, 9.17) is 4.98 Å². The molecule has 0 saturated carbocycles. The van der Waals surface area contributed by atoms with Crippen molar-refractivity contribution >= 4 is 23.1 Å². The van der Waals surface area contributed by atoms with Gasteiger partial charge in [0.15, 0.2) is 5.82 Å². The van der Waals surface area contributed by atoms with Crippen LogP contribution in [0.15, 0.2) is 61.1 Å². The molecule has 37 heavy (non-hydrogen) atoms. The van der Waals surface area contributed by atoms with Crippen LogP contribution < -0.4 is 16.4 Å². The second-order valence-corrected chi connectivity index (χ2v) is 10.5. The lowest BCUT2D eigenvalue weighted by Crippen LogP contribution is -2.55. The Hall–Kier alpha value is -3.93. The molecular formula is C31H34BN5. The van der Waals surface area contributed by atoms with Gasteiger partial charge in [-0.2, -0.15) is 0 Å². The summed E-state index contributed by atoms with van der Waals surface area (Å²) in [5, 5.41) is 8.22. The SMILES string of the molecule is Cc1cc(C)c(B(c2ccc(-c3nc(-c4nncn4C)cn3C)cc2)c2c(C)cc(C)cc2C)c(C)c1. The van der Waals surface area contributed by atoms with Gasteiger partial charge < -0.3 is 9.13 Å². The molecule has 0 radical (unpaired) electrons. The minimum atomic E-state index is 0.158. The predicted molar refractivity (Wildman–Crippen MR) is 155 cm³/mol. The summed E-state index contributed by atoms with van der Waals surface area (Å²) in [4.78, 5) is 4.89. The number of hydrogen-bond donors (Lipinski definition) is 0. The molecule has 2 heterocycles. The summed E-state index contributed by atoms with van der Waals surface area (Å²) >= 11 is 0. The zero-order valence-corrected chi connectivity index (χ0v) is 23.1. The van der Waals surface area contributed by atoms with Crippen LogP contribution >= 0.6 is 0 Å². The number of aromatic nitrogens is 5. The van der Waals surface area contributed by atoms with Gasteiger partial charge in [0.2, 0.25) is 6.71 Å². The third kappa shape index (κ3) is 4.52. The molecular weight excluding hydrogens is 453 g/mol. The Morgan fingerprint density at radius 1 is 0.649 bits per heavy atom. The average molecular weight is 487 g/mol. The number of nitrogens with zero attached hydrogens (tertiary/aromatic N) is 5. The molecule has 2 aromatic heterocycles. The monoisotopic (exact) mass is 487 g/mol. The van der Waals surface area contributed by atoms with Gasteiger partial charge >= 0.3 is 0 Å². The van der Waals surface area contributed by atoms with Crippen LogP contribution in [0.1, 0.15) is 33.4 Å². The third-order valence-corrected chi connectivity index (χ3v) is 7.37. The van der Waals surface area contributed by atoms with Crippen molar-refractivity contribution in [3.05, 3.63) is 94.4 Å². The maximum atomic E-state index is 4.89. The van der Waals surface area contributed by atoms with Gasteiger partial charge in [-0.15, -0.1) is 10.2 Å². The van der Waals surface area contributed by atoms with Gasteiger partial charge in [-0.1, -0.05) is 98.3 Å².